The van der Waals surface area contributed by atoms with E-state index in [0.29, 0.717) is 5.69 Å². The van der Waals surface area contributed by atoms with Gasteiger partial charge in [-0.1, -0.05) is 6.07 Å². The van der Waals surface area contributed by atoms with Crippen LogP contribution in [0, 0.1) is 6.92 Å². The van der Waals surface area contributed by atoms with E-state index in [0.717, 1.165) is 65.6 Å². The fraction of sp³-hybridized carbons (Fsp3) is 0.500. The lowest BCUT2D eigenvalue weighted by atomic mass is 9.80. The molecule has 1 saturated heterocycles. The molecule has 3 aliphatic rings. The Morgan fingerprint density at radius 1 is 1.22 bits per heavy atom. The van der Waals surface area contributed by atoms with Crippen LogP contribution in [0.3, 0.4) is 0 Å². The molecule has 6 rings (SSSR count). The highest BCUT2D eigenvalue weighted by Gasteiger charge is 2.51. The monoisotopic (exact) mass is 450 g/mol. The molecule has 1 saturated carbocycles. The molecule has 0 amide bonds. The lowest BCUT2D eigenvalue weighted by Gasteiger charge is -2.35. The van der Waals surface area contributed by atoms with Gasteiger partial charge in [0.05, 0.1) is 16.3 Å². The van der Waals surface area contributed by atoms with Crippen molar-refractivity contribution in [2.45, 2.75) is 50.3 Å². The summed E-state index contributed by atoms with van der Waals surface area (Å²) in [5.74, 6) is 1.11. The Bertz CT molecular complexity index is 1170. The Labute approximate surface area is 192 Å². The second kappa shape index (κ2) is 7.66. The number of anilines is 2. The molecule has 0 radical (unpaired) electrons. The molecule has 4 heterocycles. The van der Waals surface area contributed by atoms with Crippen LogP contribution >= 0.6 is 11.3 Å². The van der Waals surface area contributed by atoms with Crippen LogP contribution < -0.4 is 21.3 Å². The Kier molecular flexibility index (Phi) is 4.87. The van der Waals surface area contributed by atoms with E-state index in [1.807, 2.05) is 19.1 Å². The van der Waals surface area contributed by atoms with Crippen molar-refractivity contribution in [2.24, 2.45) is 0 Å². The molecule has 2 aliphatic carbocycles. The minimum atomic E-state index is -0.787. The molecule has 3 aromatic rings. The summed E-state index contributed by atoms with van der Waals surface area (Å²) in [6.45, 7) is 6.04. The summed E-state index contributed by atoms with van der Waals surface area (Å²) < 4.78 is 0. The third-order valence-electron chi connectivity index (χ3n) is 7.27. The van der Waals surface area contributed by atoms with Gasteiger partial charge in [0.15, 0.2) is 0 Å². The number of nitrogens with zero attached hydrogens (tertiary/aromatic N) is 3. The van der Waals surface area contributed by atoms with E-state index in [1.165, 1.54) is 35.4 Å². The van der Waals surface area contributed by atoms with Gasteiger partial charge >= 0.3 is 0 Å². The van der Waals surface area contributed by atoms with Crippen LogP contribution in [0.4, 0.5) is 11.5 Å². The first kappa shape index (κ1) is 20.4. The normalized spacial score (nSPS) is 22.8. The summed E-state index contributed by atoms with van der Waals surface area (Å²) in [7, 11) is 0. The molecule has 1 spiro atoms. The van der Waals surface area contributed by atoms with Crippen molar-refractivity contribution in [2.75, 3.05) is 36.8 Å². The second-order valence-electron chi connectivity index (χ2n) is 9.55. The van der Waals surface area contributed by atoms with Gasteiger partial charge in [-0.3, -0.25) is 5.32 Å². The average molecular weight is 451 g/mol. The highest BCUT2D eigenvalue weighted by Crippen LogP contribution is 2.55. The van der Waals surface area contributed by atoms with Crippen LogP contribution in [0.15, 0.2) is 24.3 Å². The van der Waals surface area contributed by atoms with Gasteiger partial charge in [-0.25, -0.2) is 9.97 Å². The first-order chi connectivity index (χ1) is 15.5. The first-order valence-corrected chi connectivity index (χ1v) is 12.4. The number of rotatable bonds is 4. The Balaban J connectivity index is 1.23. The summed E-state index contributed by atoms with van der Waals surface area (Å²) in [4.78, 5) is 13.8. The molecule has 8 heteroatoms. The zero-order valence-electron chi connectivity index (χ0n) is 18.4. The molecule has 7 nitrogen and oxygen atoms in total. The zero-order chi connectivity index (χ0) is 21.9. The molecular formula is C24H30N6OS. The number of hydrogen-bond acceptors (Lipinski definition) is 8. The first-order valence-electron chi connectivity index (χ1n) is 11.6. The van der Waals surface area contributed by atoms with Crippen LogP contribution in [-0.4, -0.2) is 47.3 Å². The number of aryl methyl sites for hydroxylation is 1. The third kappa shape index (κ3) is 3.46. The Morgan fingerprint density at radius 3 is 2.81 bits per heavy atom. The van der Waals surface area contributed by atoms with E-state index in [-0.39, 0.29) is 11.5 Å². The SMILES string of the molecule is Cc1ccc2c(N)c(C(O)N[C@@H]3Cc4ccc(N5CCNCC5)nc4C4(CC4)C3)sc2n1. The van der Waals surface area contributed by atoms with E-state index in [4.69, 9.17) is 10.7 Å². The van der Waals surface area contributed by atoms with E-state index in [2.05, 4.69) is 32.7 Å². The van der Waals surface area contributed by atoms with E-state index in [9.17, 15) is 5.11 Å². The topological polar surface area (TPSA) is 99.3 Å². The number of piperazine rings is 1. The van der Waals surface area contributed by atoms with Gasteiger partial charge in [0.2, 0.25) is 0 Å². The van der Waals surface area contributed by atoms with Gasteiger partial charge in [-0.2, -0.15) is 0 Å². The maximum atomic E-state index is 11.0. The number of nitrogens with two attached hydrogens (primary N) is 1. The number of fused-ring (bicyclic) bond motifs is 3. The van der Waals surface area contributed by atoms with Gasteiger partial charge in [0, 0.05) is 48.7 Å². The molecule has 2 fully saturated rings. The summed E-state index contributed by atoms with van der Waals surface area (Å²) in [5.41, 5.74) is 10.7. The molecular weight excluding hydrogens is 420 g/mol. The quantitative estimate of drug-likeness (QED) is 0.454. The molecule has 168 valence electrons. The maximum Gasteiger partial charge on any atom is 0.142 e. The molecule has 0 bridgehead atoms. The van der Waals surface area contributed by atoms with Gasteiger partial charge in [0.1, 0.15) is 16.9 Å². The number of aromatic nitrogens is 2. The highest BCUT2D eigenvalue weighted by molar-refractivity contribution is 7.19. The molecule has 2 atom stereocenters. The highest BCUT2D eigenvalue weighted by atomic mass is 32.1. The number of thiophene rings is 1. The average Bonchev–Trinajstić information content (AvgIpc) is 3.49. The molecule has 32 heavy (non-hydrogen) atoms. The van der Waals surface area contributed by atoms with Crippen LogP contribution in [0.25, 0.3) is 10.2 Å². The van der Waals surface area contributed by atoms with Crippen molar-refractivity contribution in [3.05, 3.63) is 46.1 Å². The van der Waals surface area contributed by atoms with Crippen LogP contribution in [0.2, 0.25) is 0 Å². The van der Waals surface area contributed by atoms with Crippen molar-refractivity contribution in [1.29, 1.82) is 0 Å². The van der Waals surface area contributed by atoms with Crippen molar-refractivity contribution < 1.29 is 5.11 Å². The number of nitrogens with one attached hydrogen (secondary N) is 2. The van der Waals surface area contributed by atoms with Gasteiger partial charge < -0.3 is 21.1 Å². The summed E-state index contributed by atoms with van der Waals surface area (Å²) in [6, 6.07) is 8.60. The minimum absolute atomic E-state index is 0.166. The third-order valence-corrected chi connectivity index (χ3v) is 8.44. The summed E-state index contributed by atoms with van der Waals surface area (Å²) in [5, 5.41) is 18.9. The van der Waals surface area contributed by atoms with Crippen LogP contribution in [0.1, 0.15) is 47.3 Å². The number of aliphatic hydroxyl groups is 1. The molecule has 1 unspecified atom stereocenters. The fourth-order valence-corrected chi connectivity index (χ4v) is 6.48. The van der Waals surface area contributed by atoms with Crippen molar-refractivity contribution >= 4 is 33.1 Å². The lowest BCUT2D eigenvalue weighted by Crippen LogP contribution is -2.44. The largest absolute Gasteiger partial charge is 0.397 e. The second-order valence-corrected chi connectivity index (χ2v) is 10.6. The number of hydrogen-bond donors (Lipinski definition) is 4. The lowest BCUT2D eigenvalue weighted by molar-refractivity contribution is 0.120. The predicted octanol–water partition coefficient (Wildman–Crippen LogP) is 2.62. The maximum absolute atomic E-state index is 11.0. The molecule has 5 N–H and O–H groups in total. The molecule has 3 aromatic heterocycles. The van der Waals surface area contributed by atoms with E-state index in [1.54, 1.807) is 0 Å². The number of nitrogen functional groups attached to an aromatic ring is 1. The van der Waals surface area contributed by atoms with Crippen LogP contribution in [0.5, 0.6) is 0 Å². The van der Waals surface area contributed by atoms with Crippen molar-refractivity contribution in [3.8, 4) is 0 Å². The molecule has 0 aromatic carbocycles. The number of pyridine rings is 2. The van der Waals surface area contributed by atoms with Crippen molar-refractivity contribution in [3.63, 3.8) is 0 Å². The minimum Gasteiger partial charge on any atom is -0.397 e. The van der Waals surface area contributed by atoms with Gasteiger partial charge in [-0.05, 0) is 56.4 Å². The Morgan fingerprint density at radius 2 is 2.03 bits per heavy atom. The Hall–Kier alpha value is -2.26. The molecule has 1 aliphatic heterocycles. The van der Waals surface area contributed by atoms with Gasteiger partial charge in [0.25, 0.3) is 0 Å². The van der Waals surface area contributed by atoms with E-state index >= 15 is 0 Å². The standard InChI is InChI=1S/C24H30N6OS/c1-14-2-4-17-19(25)20(32-23(17)27-14)22(31)28-16-12-15-3-5-18(30-10-8-26-9-11-30)29-21(15)24(13-16)6-7-24/h2-5,16,22,26,28,31H,6-13,25H2,1H3/t16-,22?/m1/s1. The van der Waals surface area contributed by atoms with Crippen molar-refractivity contribution in [1.82, 2.24) is 20.6 Å². The predicted molar refractivity (Wildman–Crippen MR) is 129 cm³/mol. The van der Waals surface area contributed by atoms with Crippen LogP contribution in [-0.2, 0) is 11.8 Å². The summed E-state index contributed by atoms with van der Waals surface area (Å²) in [6.07, 6.45) is 3.47. The smallest absolute Gasteiger partial charge is 0.142 e. The van der Waals surface area contributed by atoms with Gasteiger partial charge in [-0.15, -0.1) is 11.3 Å². The van der Waals surface area contributed by atoms with E-state index < -0.39 is 6.23 Å². The summed E-state index contributed by atoms with van der Waals surface area (Å²) >= 11 is 1.48. The number of aliphatic hydroxyl groups excluding tert-OH is 1. The zero-order valence-corrected chi connectivity index (χ0v) is 19.2. The fourth-order valence-electron chi connectivity index (χ4n) is 5.40.